The molecule has 1 heterocycles. The number of ether oxygens (including phenoxy) is 1. The molecule has 4 aromatic rings. The predicted octanol–water partition coefficient (Wildman–Crippen LogP) is 6.36. The van der Waals surface area contributed by atoms with Crippen molar-refractivity contribution in [1.82, 2.24) is 4.98 Å². The van der Waals surface area contributed by atoms with E-state index in [1.165, 1.54) is 12.1 Å². The van der Waals surface area contributed by atoms with Gasteiger partial charge in [-0.3, -0.25) is 4.79 Å². The molecule has 0 spiro atoms. The molecule has 0 unspecified atom stereocenters. The summed E-state index contributed by atoms with van der Waals surface area (Å²) in [6.07, 6.45) is -4.77. The Morgan fingerprint density at radius 2 is 1.65 bits per heavy atom. The summed E-state index contributed by atoms with van der Waals surface area (Å²) >= 11 is 0. The third kappa shape index (κ3) is 4.83. The molecule has 0 aliphatic carbocycles. The SMILES string of the molecule is Cc1ccc2nc(-c3ccccc3)cc(C(=O)Nc3ccc(OC(F)(F)F)cc3)c2c1. The zero-order valence-corrected chi connectivity index (χ0v) is 16.4. The van der Waals surface area contributed by atoms with Crippen LogP contribution >= 0.6 is 0 Å². The lowest BCUT2D eigenvalue weighted by Crippen LogP contribution is -2.17. The number of alkyl halides is 3. The first-order chi connectivity index (χ1) is 14.8. The van der Waals surface area contributed by atoms with Gasteiger partial charge in [-0.25, -0.2) is 4.98 Å². The Morgan fingerprint density at radius 1 is 0.935 bits per heavy atom. The van der Waals surface area contributed by atoms with E-state index in [1.54, 1.807) is 6.07 Å². The standard InChI is InChI=1S/C24H17F3N2O2/c1-15-7-12-21-19(13-15)20(14-22(29-21)16-5-3-2-4-6-16)23(30)28-17-8-10-18(11-9-17)31-24(25,26)27/h2-14H,1H3,(H,28,30). The molecule has 0 radical (unpaired) electrons. The Kier molecular flexibility index (Phi) is 5.33. The van der Waals surface area contributed by atoms with E-state index in [9.17, 15) is 18.0 Å². The van der Waals surface area contributed by atoms with Crippen molar-refractivity contribution in [2.24, 2.45) is 0 Å². The van der Waals surface area contributed by atoms with E-state index in [-0.39, 0.29) is 11.7 Å². The molecule has 31 heavy (non-hydrogen) atoms. The Morgan fingerprint density at radius 3 is 2.32 bits per heavy atom. The second-order valence-electron chi connectivity index (χ2n) is 6.97. The average molecular weight is 422 g/mol. The topological polar surface area (TPSA) is 51.2 Å². The Balaban J connectivity index is 1.69. The number of hydrogen-bond donors (Lipinski definition) is 1. The van der Waals surface area contributed by atoms with Crippen LogP contribution in [0.3, 0.4) is 0 Å². The van der Waals surface area contributed by atoms with Crippen molar-refractivity contribution < 1.29 is 22.7 Å². The molecule has 0 aliphatic rings. The average Bonchev–Trinajstić information content (AvgIpc) is 2.74. The number of pyridine rings is 1. The van der Waals surface area contributed by atoms with Crippen LogP contribution in [0.5, 0.6) is 5.75 Å². The molecular weight excluding hydrogens is 405 g/mol. The van der Waals surface area contributed by atoms with Gasteiger partial charge in [0, 0.05) is 16.6 Å². The van der Waals surface area contributed by atoms with Gasteiger partial charge in [0.15, 0.2) is 0 Å². The van der Waals surface area contributed by atoms with E-state index in [0.717, 1.165) is 23.3 Å². The molecular formula is C24H17F3N2O2. The van der Waals surface area contributed by atoms with Gasteiger partial charge < -0.3 is 10.1 Å². The fraction of sp³-hybridized carbons (Fsp3) is 0.0833. The van der Waals surface area contributed by atoms with Crippen molar-refractivity contribution in [3.63, 3.8) is 0 Å². The van der Waals surface area contributed by atoms with E-state index in [2.05, 4.69) is 15.0 Å². The minimum Gasteiger partial charge on any atom is -0.406 e. The Hall–Kier alpha value is -3.87. The number of aromatic nitrogens is 1. The first-order valence-electron chi connectivity index (χ1n) is 9.42. The van der Waals surface area contributed by atoms with Gasteiger partial charge in [-0.2, -0.15) is 0 Å². The number of rotatable bonds is 4. The van der Waals surface area contributed by atoms with Crippen molar-refractivity contribution in [3.8, 4) is 17.0 Å². The molecule has 1 N–H and O–H groups in total. The zero-order chi connectivity index (χ0) is 22.0. The number of amides is 1. The van der Waals surface area contributed by atoms with Gasteiger partial charge in [-0.05, 0) is 49.4 Å². The van der Waals surface area contributed by atoms with Crippen LogP contribution in [0.4, 0.5) is 18.9 Å². The van der Waals surface area contributed by atoms with Gasteiger partial charge in [0.1, 0.15) is 5.75 Å². The molecule has 0 aliphatic heterocycles. The molecule has 0 bridgehead atoms. The summed E-state index contributed by atoms with van der Waals surface area (Å²) in [5, 5.41) is 3.42. The molecule has 4 rings (SSSR count). The fourth-order valence-corrected chi connectivity index (χ4v) is 3.22. The molecule has 4 nitrogen and oxygen atoms in total. The summed E-state index contributed by atoms with van der Waals surface area (Å²) < 4.78 is 40.9. The van der Waals surface area contributed by atoms with Crippen LogP contribution in [0.1, 0.15) is 15.9 Å². The maximum absolute atomic E-state index is 13.1. The Labute approximate surface area is 176 Å². The Bertz CT molecular complexity index is 1240. The van der Waals surface area contributed by atoms with Gasteiger partial charge in [0.25, 0.3) is 5.91 Å². The second-order valence-corrected chi connectivity index (χ2v) is 6.97. The quantitative estimate of drug-likeness (QED) is 0.416. The van der Waals surface area contributed by atoms with Crippen molar-refractivity contribution >= 4 is 22.5 Å². The van der Waals surface area contributed by atoms with E-state index in [4.69, 9.17) is 0 Å². The van der Waals surface area contributed by atoms with Crippen LogP contribution in [-0.4, -0.2) is 17.3 Å². The number of nitrogens with zero attached hydrogens (tertiary/aromatic N) is 1. The van der Waals surface area contributed by atoms with E-state index in [0.29, 0.717) is 27.8 Å². The van der Waals surface area contributed by atoms with Crippen LogP contribution in [-0.2, 0) is 0 Å². The lowest BCUT2D eigenvalue weighted by Gasteiger charge is -2.12. The first kappa shape index (κ1) is 20.4. The largest absolute Gasteiger partial charge is 0.573 e. The lowest BCUT2D eigenvalue weighted by atomic mass is 10.0. The van der Waals surface area contributed by atoms with E-state index >= 15 is 0 Å². The van der Waals surface area contributed by atoms with Crippen molar-refractivity contribution in [1.29, 1.82) is 0 Å². The molecule has 3 aromatic carbocycles. The molecule has 0 saturated carbocycles. The third-order valence-electron chi connectivity index (χ3n) is 4.62. The number of aryl methyl sites for hydroxylation is 1. The van der Waals surface area contributed by atoms with Crippen LogP contribution in [0.25, 0.3) is 22.2 Å². The van der Waals surface area contributed by atoms with Crippen LogP contribution in [0, 0.1) is 6.92 Å². The summed E-state index contributed by atoms with van der Waals surface area (Å²) in [4.78, 5) is 17.8. The summed E-state index contributed by atoms with van der Waals surface area (Å²) in [7, 11) is 0. The molecule has 0 fully saturated rings. The molecule has 1 amide bonds. The number of carbonyl (C=O) groups excluding carboxylic acids is 1. The molecule has 7 heteroatoms. The summed E-state index contributed by atoms with van der Waals surface area (Å²) in [6.45, 7) is 1.92. The van der Waals surface area contributed by atoms with Crippen molar-refractivity contribution in [3.05, 3.63) is 90.0 Å². The number of hydrogen-bond acceptors (Lipinski definition) is 3. The van der Waals surface area contributed by atoms with Gasteiger partial charge in [0.05, 0.1) is 16.8 Å². The summed E-state index contributed by atoms with van der Waals surface area (Å²) in [5.41, 5.74) is 3.93. The molecule has 156 valence electrons. The molecule has 1 aromatic heterocycles. The van der Waals surface area contributed by atoms with E-state index in [1.807, 2.05) is 55.5 Å². The number of fused-ring (bicyclic) bond motifs is 1. The van der Waals surface area contributed by atoms with Crippen LogP contribution in [0.15, 0.2) is 78.9 Å². The maximum atomic E-state index is 13.1. The molecule has 0 atom stereocenters. The number of nitrogens with one attached hydrogen (secondary N) is 1. The monoisotopic (exact) mass is 422 g/mol. The van der Waals surface area contributed by atoms with Crippen LogP contribution < -0.4 is 10.1 Å². The van der Waals surface area contributed by atoms with Crippen molar-refractivity contribution in [2.75, 3.05) is 5.32 Å². The fourth-order valence-electron chi connectivity index (χ4n) is 3.22. The lowest BCUT2D eigenvalue weighted by molar-refractivity contribution is -0.274. The molecule has 0 saturated heterocycles. The minimum atomic E-state index is -4.77. The number of anilines is 1. The summed E-state index contributed by atoms with van der Waals surface area (Å²) in [5.74, 6) is -0.749. The van der Waals surface area contributed by atoms with Crippen molar-refractivity contribution in [2.45, 2.75) is 13.3 Å². The summed E-state index contributed by atoms with van der Waals surface area (Å²) in [6, 6.07) is 21.9. The van der Waals surface area contributed by atoms with Gasteiger partial charge in [0.2, 0.25) is 0 Å². The maximum Gasteiger partial charge on any atom is 0.573 e. The zero-order valence-electron chi connectivity index (χ0n) is 16.4. The highest BCUT2D eigenvalue weighted by Gasteiger charge is 2.31. The number of halogens is 3. The first-order valence-corrected chi connectivity index (χ1v) is 9.42. The predicted molar refractivity (Wildman–Crippen MR) is 113 cm³/mol. The minimum absolute atomic E-state index is 0.346. The highest BCUT2D eigenvalue weighted by molar-refractivity contribution is 6.13. The highest BCUT2D eigenvalue weighted by Crippen LogP contribution is 2.27. The van der Waals surface area contributed by atoms with Crippen LogP contribution in [0.2, 0.25) is 0 Å². The van der Waals surface area contributed by atoms with Gasteiger partial charge in [-0.1, -0.05) is 42.0 Å². The van der Waals surface area contributed by atoms with Gasteiger partial charge in [-0.15, -0.1) is 13.2 Å². The van der Waals surface area contributed by atoms with E-state index < -0.39 is 6.36 Å². The van der Waals surface area contributed by atoms with Gasteiger partial charge >= 0.3 is 6.36 Å². The second kappa shape index (κ2) is 8.10. The number of carbonyl (C=O) groups is 1. The number of benzene rings is 3. The normalized spacial score (nSPS) is 11.4. The highest BCUT2D eigenvalue weighted by atomic mass is 19.4. The smallest absolute Gasteiger partial charge is 0.406 e. The third-order valence-corrected chi connectivity index (χ3v) is 4.62.